The van der Waals surface area contributed by atoms with Gasteiger partial charge in [-0.1, -0.05) is 30.3 Å². The Labute approximate surface area is 94.7 Å². The van der Waals surface area contributed by atoms with Gasteiger partial charge in [-0.25, -0.2) is 0 Å². The summed E-state index contributed by atoms with van der Waals surface area (Å²) in [6.07, 6.45) is 0. The first-order valence-electron chi connectivity index (χ1n) is 5.02. The van der Waals surface area contributed by atoms with E-state index < -0.39 is 0 Å². The molecule has 1 aromatic rings. The summed E-state index contributed by atoms with van der Waals surface area (Å²) < 4.78 is 0. The highest BCUT2D eigenvalue weighted by Crippen LogP contribution is 2.19. The fourth-order valence-corrected chi connectivity index (χ4v) is 2.08. The summed E-state index contributed by atoms with van der Waals surface area (Å²) in [6.45, 7) is 1.59. The Morgan fingerprint density at radius 3 is 2.80 bits per heavy atom. The van der Waals surface area contributed by atoms with Gasteiger partial charge in [0.25, 0.3) is 0 Å². The van der Waals surface area contributed by atoms with Crippen LogP contribution in [0.4, 0.5) is 0 Å². The average molecular weight is 222 g/mol. The molecule has 4 heteroatoms. The number of β-amino-alcohol motifs (C(OH)–C–C–N with tert-alkyl or cyclic N) is 1. The third-order valence-corrected chi connectivity index (χ3v) is 2.94. The van der Waals surface area contributed by atoms with E-state index in [1.165, 1.54) is 5.56 Å². The highest BCUT2D eigenvalue weighted by atomic mass is 32.1. The minimum Gasteiger partial charge on any atom is -0.395 e. The minimum absolute atomic E-state index is 0.142. The summed E-state index contributed by atoms with van der Waals surface area (Å²) in [6, 6.07) is 10.5. The monoisotopic (exact) mass is 222 g/mol. The number of nitrogens with one attached hydrogen (secondary N) is 1. The average Bonchev–Trinajstić information content (AvgIpc) is 2.63. The molecule has 0 aliphatic carbocycles. The zero-order valence-corrected chi connectivity index (χ0v) is 9.20. The summed E-state index contributed by atoms with van der Waals surface area (Å²) in [7, 11) is 0. The van der Waals surface area contributed by atoms with Crippen molar-refractivity contribution < 1.29 is 5.11 Å². The maximum Gasteiger partial charge on any atom is 0.169 e. The molecule has 0 radical (unpaired) electrons. The molecule has 1 aliphatic heterocycles. The van der Waals surface area contributed by atoms with Crippen molar-refractivity contribution in [3.63, 3.8) is 0 Å². The van der Waals surface area contributed by atoms with Crippen molar-refractivity contribution in [2.45, 2.75) is 6.04 Å². The van der Waals surface area contributed by atoms with Crippen LogP contribution in [0.2, 0.25) is 0 Å². The topological polar surface area (TPSA) is 35.5 Å². The third-order valence-electron chi connectivity index (χ3n) is 2.56. The second-order valence-electron chi connectivity index (χ2n) is 3.58. The van der Waals surface area contributed by atoms with Gasteiger partial charge in [-0.15, -0.1) is 0 Å². The molecule has 0 amide bonds. The summed E-state index contributed by atoms with van der Waals surface area (Å²) >= 11 is 5.19. The molecule has 1 aliphatic rings. The first-order valence-corrected chi connectivity index (χ1v) is 5.43. The molecular formula is C11H14N2OS. The van der Waals surface area contributed by atoms with Crippen molar-refractivity contribution in [3.05, 3.63) is 35.9 Å². The zero-order valence-electron chi connectivity index (χ0n) is 8.39. The zero-order chi connectivity index (χ0) is 10.7. The largest absolute Gasteiger partial charge is 0.395 e. The molecule has 80 valence electrons. The van der Waals surface area contributed by atoms with Crippen LogP contribution in [0, 0.1) is 0 Å². The van der Waals surface area contributed by atoms with E-state index in [-0.39, 0.29) is 12.6 Å². The number of thiocarbonyl (C=S) groups is 1. The normalized spacial score (nSPS) is 20.5. The van der Waals surface area contributed by atoms with Gasteiger partial charge < -0.3 is 15.3 Å². The van der Waals surface area contributed by atoms with Crippen LogP contribution < -0.4 is 5.32 Å². The Hall–Kier alpha value is -1.13. The highest BCUT2D eigenvalue weighted by Gasteiger charge is 2.25. The molecule has 1 saturated heterocycles. The van der Waals surface area contributed by atoms with Crippen molar-refractivity contribution in [1.29, 1.82) is 0 Å². The van der Waals surface area contributed by atoms with Crippen LogP contribution in [-0.4, -0.2) is 34.8 Å². The van der Waals surface area contributed by atoms with Crippen molar-refractivity contribution in [3.8, 4) is 0 Å². The molecule has 1 atom stereocenters. The number of rotatable bonds is 3. The summed E-state index contributed by atoms with van der Waals surface area (Å²) in [4.78, 5) is 1.99. The lowest BCUT2D eigenvalue weighted by atomic mass is 10.1. The number of aliphatic hydroxyl groups excluding tert-OH is 1. The predicted octanol–water partition coefficient (Wildman–Crippen LogP) is 0.910. The van der Waals surface area contributed by atoms with E-state index in [9.17, 15) is 0 Å². The van der Waals surface area contributed by atoms with Crippen molar-refractivity contribution in [2.75, 3.05) is 19.7 Å². The van der Waals surface area contributed by atoms with Crippen LogP contribution in [-0.2, 0) is 0 Å². The fraction of sp³-hybridized carbons (Fsp3) is 0.364. The fourth-order valence-electron chi connectivity index (χ4n) is 1.78. The molecule has 3 nitrogen and oxygen atoms in total. The molecule has 1 heterocycles. The van der Waals surface area contributed by atoms with Gasteiger partial charge in [0.05, 0.1) is 12.6 Å². The van der Waals surface area contributed by atoms with Gasteiger partial charge in [-0.3, -0.25) is 0 Å². The van der Waals surface area contributed by atoms with Crippen LogP contribution in [0.25, 0.3) is 0 Å². The summed E-state index contributed by atoms with van der Waals surface area (Å²) in [5.41, 5.74) is 1.24. The molecule has 0 bridgehead atoms. The molecule has 1 fully saturated rings. The van der Waals surface area contributed by atoms with Crippen LogP contribution in [0.5, 0.6) is 0 Å². The van der Waals surface area contributed by atoms with Gasteiger partial charge in [-0.2, -0.15) is 0 Å². The number of benzene rings is 1. The maximum atomic E-state index is 8.87. The Morgan fingerprint density at radius 1 is 1.40 bits per heavy atom. The lowest BCUT2D eigenvalue weighted by molar-refractivity contribution is 0.255. The number of aliphatic hydroxyl groups is 1. The smallest absolute Gasteiger partial charge is 0.169 e. The first kappa shape index (κ1) is 10.4. The highest BCUT2D eigenvalue weighted by molar-refractivity contribution is 7.80. The second kappa shape index (κ2) is 4.59. The van der Waals surface area contributed by atoms with Crippen LogP contribution in [0.15, 0.2) is 30.3 Å². The second-order valence-corrected chi connectivity index (χ2v) is 3.97. The van der Waals surface area contributed by atoms with Gasteiger partial charge in [-0.05, 0) is 17.8 Å². The van der Waals surface area contributed by atoms with Gasteiger partial charge in [0.15, 0.2) is 5.11 Å². The molecule has 0 aromatic heterocycles. The van der Waals surface area contributed by atoms with E-state index in [2.05, 4.69) is 17.4 Å². The molecular weight excluding hydrogens is 208 g/mol. The third kappa shape index (κ3) is 2.27. The molecule has 1 unspecified atom stereocenters. The molecule has 0 saturated carbocycles. The van der Waals surface area contributed by atoms with Crippen molar-refractivity contribution in [2.24, 2.45) is 0 Å². The van der Waals surface area contributed by atoms with Crippen LogP contribution in [0.3, 0.4) is 0 Å². The molecule has 2 rings (SSSR count). The maximum absolute atomic E-state index is 8.87. The Kier molecular flexibility index (Phi) is 3.18. The van der Waals surface area contributed by atoms with Crippen molar-refractivity contribution in [1.82, 2.24) is 10.2 Å². The molecule has 1 aromatic carbocycles. The lowest BCUT2D eigenvalue weighted by Crippen LogP contribution is -2.30. The van der Waals surface area contributed by atoms with Gasteiger partial charge in [0, 0.05) is 13.1 Å². The Morgan fingerprint density at radius 2 is 2.13 bits per heavy atom. The number of hydrogen-bond acceptors (Lipinski definition) is 2. The first-order chi connectivity index (χ1) is 7.31. The molecule has 2 N–H and O–H groups in total. The van der Waals surface area contributed by atoms with Gasteiger partial charge in [0.2, 0.25) is 0 Å². The van der Waals surface area contributed by atoms with E-state index in [1.54, 1.807) is 0 Å². The number of nitrogens with zero attached hydrogens (tertiary/aromatic N) is 1. The SMILES string of the molecule is OCCN1CC(c2ccccc2)NC1=S. The van der Waals surface area contributed by atoms with Gasteiger partial charge >= 0.3 is 0 Å². The van der Waals surface area contributed by atoms with E-state index in [1.807, 2.05) is 23.1 Å². The Bertz CT molecular complexity index is 342. The molecule has 15 heavy (non-hydrogen) atoms. The van der Waals surface area contributed by atoms with E-state index >= 15 is 0 Å². The Balaban J connectivity index is 2.06. The van der Waals surface area contributed by atoms with Gasteiger partial charge in [0.1, 0.15) is 0 Å². The van der Waals surface area contributed by atoms with E-state index in [4.69, 9.17) is 17.3 Å². The summed E-state index contributed by atoms with van der Waals surface area (Å²) in [5.74, 6) is 0. The van der Waals surface area contributed by atoms with Crippen molar-refractivity contribution >= 4 is 17.3 Å². The van der Waals surface area contributed by atoms with E-state index in [0.717, 1.165) is 11.7 Å². The van der Waals surface area contributed by atoms with E-state index in [0.29, 0.717) is 6.54 Å². The molecule has 0 spiro atoms. The van der Waals surface area contributed by atoms with Crippen LogP contribution >= 0.6 is 12.2 Å². The standard InChI is InChI=1S/C11H14N2OS/c14-7-6-13-8-10(12-11(13)15)9-4-2-1-3-5-9/h1-5,10,14H,6-8H2,(H,12,15). The lowest BCUT2D eigenvalue weighted by Gasteiger charge is -2.14. The predicted molar refractivity (Wildman–Crippen MR) is 63.6 cm³/mol. The minimum atomic E-state index is 0.142. The van der Waals surface area contributed by atoms with Crippen LogP contribution in [0.1, 0.15) is 11.6 Å². The quantitative estimate of drug-likeness (QED) is 0.745. The number of hydrogen-bond donors (Lipinski definition) is 2. The summed E-state index contributed by atoms with van der Waals surface area (Å²) in [5, 5.41) is 12.9.